The quantitative estimate of drug-likeness (QED) is 0.142. The van der Waals surface area contributed by atoms with Crippen molar-refractivity contribution in [3.05, 3.63) is 92.3 Å². The molecule has 2 bridgehead atoms. The molecule has 9 fully saturated rings. The summed E-state index contributed by atoms with van der Waals surface area (Å²) in [7, 11) is 6.17. The van der Waals surface area contributed by atoms with Crippen LogP contribution in [0.5, 0.6) is 0 Å². The minimum Gasteiger partial charge on any atom is -0.396 e. The molecule has 14 rings (SSSR count). The van der Waals surface area contributed by atoms with Gasteiger partial charge in [0.2, 0.25) is 0 Å². The molecule has 21 nitrogen and oxygen atoms in total. The summed E-state index contributed by atoms with van der Waals surface area (Å²) in [6, 6.07) is 12.4. The predicted octanol–water partition coefficient (Wildman–Crippen LogP) is 3.82. The molecule has 11 N–H and O–H groups in total. The van der Waals surface area contributed by atoms with Crippen molar-refractivity contribution in [3.63, 3.8) is 0 Å². The molecule has 0 aromatic carbocycles. The van der Waals surface area contributed by atoms with Crippen molar-refractivity contribution < 1.29 is 5.11 Å². The monoisotopic (exact) mass is 1100 g/mol. The van der Waals surface area contributed by atoms with Crippen molar-refractivity contribution in [2.45, 2.75) is 81.6 Å². The highest BCUT2D eigenvalue weighted by molar-refractivity contribution is 5.69. The lowest BCUT2D eigenvalue weighted by Gasteiger charge is -2.40. The standard InChI is InChI=1S/C12H20N4O.3C12H18N4.C11H18N4/c1-15(2)11-4-6-16(8-12(11)17)10-3-5-14-7-9(10)13;13-11-9-14-4-1-12(11)16-8-7-15-5-2-10(16)3-6-15;2*13-11-8-14-4-3-12(11)16-7-6-15-5-1-2-10(15)9-16;1-14-5-2-6-15(8-7-14)11-3-4-13-9-10(11)12/h3,5,7,11-12,17H,4,6,8,13H2,1-2H3;1,4,9-10H,2-3,5-8,13H2;2*3-4,8,10H,1-2,5-7,9,13H2;3-4,9H,2,5-8,12H2,1H3/t11-,12-;;2*10-;/m1.10./s1. The van der Waals surface area contributed by atoms with E-state index in [0.29, 0.717) is 18.3 Å². The second-order valence-electron chi connectivity index (χ2n) is 23.0. The Morgan fingerprint density at radius 3 is 1.30 bits per heavy atom. The summed E-state index contributed by atoms with van der Waals surface area (Å²) in [5, 5.41) is 10.1. The highest BCUT2D eigenvalue weighted by atomic mass is 16.3. The molecule has 0 aliphatic carbocycles. The van der Waals surface area contributed by atoms with Gasteiger partial charge in [-0.25, -0.2) is 0 Å². The van der Waals surface area contributed by atoms with E-state index >= 15 is 0 Å². The maximum atomic E-state index is 10.1. The molecule has 80 heavy (non-hydrogen) atoms. The molecule has 9 aliphatic rings. The van der Waals surface area contributed by atoms with Crippen LogP contribution >= 0.6 is 0 Å². The second-order valence-corrected chi connectivity index (χ2v) is 23.0. The van der Waals surface area contributed by atoms with Gasteiger partial charge in [-0.2, -0.15) is 0 Å². The summed E-state index contributed by atoms with van der Waals surface area (Å²) >= 11 is 0. The van der Waals surface area contributed by atoms with Crippen LogP contribution < -0.4 is 53.2 Å². The van der Waals surface area contributed by atoms with Gasteiger partial charge in [0, 0.05) is 153 Å². The van der Waals surface area contributed by atoms with Gasteiger partial charge in [0.25, 0.3) is 0 Å². The third-order valence-corrected chi connectivity index (χ3v) is 17.6. The van der Waals surface area contributed by atoms with E-state index in [1.807, 2.05) is 63.0 Å². The second kappa shape index (κ2) is 28.3. The zero-order valence-electron chi connectivity index (χ0n) is 48.0. The minimum atomic E-state index is -0.341. The number of nitrogen functional groups attached to an aromatic ring is 5. The number of piperazine rings is 2. The van der Waals surface area contributed by atoms with Crippen molar-refractivity contribution in [1.82, 2.24) is 49.4 Å². The summed E-state index contributed by atoms with van der Waals surface area (Å²) in [6.07, 6.45) is 27.4. The molecule has 0 unspecified atom stereocenters. The molecule has 0 amide bonds. The number of hydrogen-bond donors (Lipinski definition) is 6. The number of pyridine rings is 5. The van der Waals surface area contributed by atoms with Gasteiger partial charge in [0.05, 0.1) is 94.0 Å². The number of β-amino-alcohol motifs (C(OH)–C–C–N with tert-alkyl or cyclic N) is 1. The topological polar surface area (TPSA) is 247 Å². The molecular formula is C59H92N20O. The molecule has 5 aromatic heterocycles. The molecule has 434 valence electrons. The first-order valence-electron chi connectivity index (χ1n) is 29.4. The van der Waals surface area contributed by atoms with Crippen LogP contribution in [0.25, 0.3) is 0 Å². The molecular weight excluding hydrogens is 1000 g/mol. The van der Waals surface area contributed by atoms with Crippen LogP contribution in [0.2, 0.25) is 0 Å². The number of aliphatic hydroxyl groups excluding tert-OH is 1. The molecule has 9 saturated heterocycles. The molecule has 0 saturated carbocycles. The van der Waals surface area contributed by atoms with Crippen LogP contribution in [0.1, 0.15) is 51.4 Å². The van der Waals surface area contributed by atoms with Crippen LogP contribution in [-0.2, 0) is 0 Å². The predicted molar refractivity (Wildman–Crippen MR) is 328 cm³/mol. The highest BCUT2D eigenvalue weighted by Gasteiger charge is 2.34. The lowest BCUT2D eigenvalue weighted by atomic mass is 10.0. The first-order chi connectivity index (χ1) is 38.9. The number of hydrogen-bond acceptors (Lipinski definition) is 21. The molecule has 14 heterocycles. The SMILES string of the molecule is CN(C)[C@@H]1CCN(c2ccncc2N)C[C@H]1O.CN1CCCN(c2ccncc2N)CC1.Nc1cnccc1N1CCN2CCC1CC2.Nc1cnccc1N1CCN2CCC[C@@H]2C1.Nc1cnccc1N1CCN2CCC[C@H]2C1. The Hall–Kier alpha value is -6.49. The summed E-state index contributed by atoms with van der Waals surface area (Å²) in [5.41, 5.74) is 39.2. The van der Waals surface area contributed by atoms with Crippen LogP contribution in [0, 0.1) is 0 Å². The summed E-state index contributed by atoms with van der Waals surface area (Å²) in [4.78, 5) is 44.1. The fourth-order valence-electron chi connectivity index (χ4n) is 13.1. The van der Waals surface area contributed by atoms with Crippen LogP contribution in [0.15, 0.2) is 92.3 Å². The smallest absolute Gasteiger partial charge is 0.0870 e. The number of anilines is 10. The van der Waals surface area contributed by atoms with E-state index in [4.69, 9.17) is 28.7 Å². The van der Waals surface area contributed by atoms with Gasteiger partial charge in [-0.05, 0) is 122 Å². The van der Waals surface area contributed by atoms with Gasteiger partial charge in [-0.3, -0.25) is 34.7 Å². The number of likely N-dealkylation sites (N-methyl/N-ethyl adjacent to an activating group) is 2. The van der Waals surface area contributed by atoms with E-state index in [-0.39, 0.29) is 12.1 Å². The molecule has 9 aliphatic heterocycles. The van der Waals surface area contributed by atoms with E-state index < -0.39 is 0 Å². The van der Waals surface area contributed by atoms with E-state index in [9.17, 15) is 5.11 Å². The average Bonchev–Trinajstić information content (AvgIpc) is 4.00. The Kier molecular flexibility index (Phi) is 20.6. The van der Waals surface area contributed by atoms with Gasteiger partial charge in [-0.1, -0.05) is 0 Å². The normalized spacial score (nSPS) is 25.0. The average molecular weight is 1100 g/mol. The van der Waals surface area contributed by atoms with Crippen LogP contribution in [0.3, 0.4) is 0 Å². The molecule has 0 radical (unpaired) electrons. The maximum Gasteiger partial charge on any atom is 0.0870 e. The van der Waals surface area contributed by atoms with Crippen LogP contribution in [0.4, 0.5) is 56.9 Å². The van der Waals surface area contributed by atoms with E-state index in [2.05, 4.69) is 81.0 Å². The fraction of sp³-hybridized carbons (Fsp3) is 0.576. The maximum absolute atomic E-state index is 10.1. The van der Waals surface area contributed by atoms with Gasteiger partial charge in [0.15, 0.2) is 0 Å². The van der Waals surface area contributed by atoms with Crippen molar-refractivity contribution >= 4 is 56.9 Å². The summed E-state index contributed by atoms with van der Waals surface area (Å²) < 4.78 is 0. The van der Waals surface area contributed by atoms with Crippen molar-refractivity contribution in [2.24, 2.45) is 0 Å². The number of piperidine rings is 2. The third-order valence-electron chi connectivity index (χ3n) is 17.6. The number of rotatable bonds is 6. The Morgan fingerprint density at radius 1 is 0.412 bits per heavy atom. The number of aliphatic hydroxyl groups is 1. The van der Waals surface area contributed by atoms with Gasteiger partial charge >= 0.3 is 0 Å². The Morgan fingerprint density at radius 2 is 0.850 bits per heavy atom. The Balaban J connectivity index is 0.000000121. The van der Waals surface area contributed by atoms with Gasteiger partial charge in [-0.15, -0.1) is 0 Å². The van der Waals surface area contributed by atoms with Gasteiger partial charge in [0.1, 0.15) is 0 Å². The highest BCUT2D eigenvalue weighted by Crippen LogP contribution is 2.33. The van der Waals surface area contributed by atoms with Crippen molar-refractivity contribution in [3.8, 4) is 0 Å². The zero-order chi connectivity index (χ0) is 56.0. The van der Waals surface area contributed by atoms with E-state index in [1.54, 1.807) is 43.4 Å². The first kappa shape index (κ1) is 58.2. The molecule has 4 atom stereocenters. The number of aromatic nitrogens is 5. The largest absolute Gasteiger partial charge is 0.396 e. The van der Waals surface area contributed by atoms with E-state index in [0.717, 1.165) is 129 Å². The zero-order valence-corrected chi connectivity index (χ0v) is 48.0. The lowest BCUT2D eigenvalue weighted by Crippen LogP contribution is -2.52. The first-order valence-corrected chi connectivity index (χ1v) is 29.4. The molecule has 21 heteroatoms. The van der Waals surface area contributed by atoms with E-state index in [1.165, 1.54) is 96.4 Å². The summed E-state index contributed by atoms with van der Waals surface area (Å²) in [5.74, 6) is 0. The molecule has 0 spiro atoms. The van der Waals surface area contributed by atoms with Gasteiger partial charge < -0.3 is 73.0 Å². The lowest BCUT2D eigenvalue weighted by molar-refractivity contribution is 0.0631. The minimum absolute atomic E-state index is 0.231. The Bertz CT molecular complexity index is 2600. The summed E-state index contributed by atoms with van der Waals surface area (Å²) in [6.45, 7) is 20.0. The van der Waals surface area contributed by atoms with Crippen LogP contribution in [-0.4, -0.2) is 224 Å². The third kappa shape index (κ3) is 15.1. The fourth-order valence-corrected chi connectivity index (χ4v) is 13.1. The Labute approximate surface area is 475 Å². The number of nitrogens with two attached hydrogens (primary N) is 5. The number of fused-ring (bicyclic) bond motifs is 6. The molecule has 5 aromatic rings. The van der Waals surface area contributed by atoms with Crippen molar-refractivity contribution in [1.29, 1.82) is 0 Å². The van der Waals surface area contributed by atoms with Crippen molar-refractivity contribution in [2.75, 3.05) is 192 Å². The number of nitrogens with zero attached hydrogens (tertiary/aromatic N) is 15.